The van der Waals surface area contributed by atoms with E-state index in [1.807, 2.05) is 11.4 Å². The zero-order valence-electron chi connectivity index (χ0n) is 13.9. The molecule has 5 nitrogen and oxygen atoms in total. The summed E-state index contributed by atoms with van der Waals surface area (Å²) in [4.78, 5) is 26.7. The molecule has 2 amide bonds. The van der Waals surface area contributed by atoms with E-state index in [0.29, 0.717) is 16.7 Å². The second kappa shape index (κ2) is 8.32. The molecule has 1 aromatic rings. The van der Waals surface area contributed by atoms with Crippen LogP contribution < -0.4 is 11.1 Å². The molecule has 2 aliphatic rings. The van der Waals surface area contributed by atoms with Crippen molar-refractivity contribution in [3.8, 4) is 0 Å². The van der Waals surface area contributed by atoms with Crippen molar-refractivity contribution in [3.63, 3.8) is 0 Å². The molecule has 0 aromatic carbocycles. The highest BCUT2D eigenvalue weighted by Crippen LogP contribution is 2.39. The molecule has 0 radical (unpaired) electrons. The molecule has 0 aliphatic heterocycles. The van der Waals surface area contributed by atoms with Gasteiger partial charge in [0.05, 0.1) is 11.4 Å². The van der Waals surface area contributed by atoms with Gasteiger partial charge in [-0.15, -0.1) is 23.7 Å². The van der Waals surface area contributed by atoms with Crippen molar-refractivity contribution in [2.75, 3.05) is 13.6 Å². The third kappa shape index (κ3) is 4.29. The molecule has 134 valence electrons. The molecule has 1 heterocycles. The molecule has 2 fully saturated rings. The van der Waals surface area contributed by atoms with Gasteiger partial charge in [0.15, 0.2) is 0 Å². The van der Waals surface area contributed by atoms with E-state index in [-0.39, 0.29) is 42.8 Å². The average Bonchev–Trinajstić information content (AvgIpc) is 3.01. The Labute approximate surface area is 153 Å². The smallest absolute Gasteiger partial charge is 0.264 e. The summed E-state index contributed by atoms with van der Waals surface area (Å²) in [7, 11) is 1.68. The number of amides is 2. The van der Waals surface area contributed by atoms with Crippen LogP contribution >= 0.6 is 23.7 Å². The first kappa shape index (κ1) is 19.2. The van der Waals surface area contributed by atoms with Gasteiger partial charge >= 0.3 is 0 Å². The molecular weight excluding hydrogens is 346 g/mol. The van der Waals surface area contributed by atoms with E-state index >= 15 is 0 Å². The molecule has 3 rings (SSSR count). The van der Waals surface area contributed by atoms with Crippen LogP contribution in [0, 0.1) is 11.8 Å². The largest absolute Gasteiger partial charge is 0.351 e. The van der Waals surface area contributed by atoms with Gasteiger partial charge in [0, 0.05) is 19.1 Å². The lowest BCUT2D eigenvalue weighted by atomic mass is 9.67. The van der Waals surface area contributed by atoms with Crippen molar-refractivity contribution in [1.29, 1.82) is 0 Å². The van der Waals surface area contributed by atoms with Gasteiger partial charge < -0.3 is 16.0 Å². The molecule has 2 unspecified atom stereocenters. The first-order valence-electron chi connectivity index (χ1n) is 8.38. The molecule has 0 spiro atoms. The second-order valence-electron chi connectivity index (χ2n) is 6.91. The van der Waals surface area contributed by atoms with E-state index in [1.165, 1.54) is 22.7 Å². The first-order valence-corrected chi connectivity index (χ1v) is 9.26. The lowest BCUT2D eigenvalue weighted by molar-refractivity contribution is -0.123. The number of likely N-dealkylation sites (N-methyl/N-ethyl adjacent to an activating group) is 1. The maximum Gasteiger partial charge on any atom is 0.264 e. The van der Waals surface area contributed by atoms with E-state index in [4.69, 9.17) is 5.73 Å². The minimum absolute atomic E-state index is 0. The van der Waals surface area contributed by atoms with Crippen LogP contribution in [0.1, 0.15) is 41.8 Å². The van der Waals surface area contributed by atoms with Gasteiger partial charge in [-0.2, -0.15) is 0 Å². The number of hydrogen-bond acceptors (Lipinski definition) is 4. The third-order valence-electron chi connectivity index (χ3n) is 5.16. The summed E-state index contributed by atoms with van der Waals surface area (Å²) in [5.41, 5.74) is 6.13. The number of thiophene rings is 1. The number of fused-ring (bicyclic) bond motifs is 2. The van der Waals surface area contributed by atoms with E-state index in [2.05, 4.69) is 5.32 Å². The number of nitrogens with zero attached hydrogens (tertiary/aromatic N) is 1. The number of rotatable bonds is 4. The normalized spacial score (nSPS) is 28.6. The number of hydrogen-bond donors (Lipinski definition) is 2. The van der Waals surface area contributed by atoms with Crippen molar-refractivity contribution in [3.05, 3.63) is 22.4 Å². The van der Waals surface area contributed by atoms with Gasteiger partial charge in [0.1, 0.15) is 0 Å². The fourth-order valence-corrected chi connectivity index (χ4v) is 4.85. The molecule has 0 saturated heterocycles. The number of nitrogens with one attached hydrogen (secondary N) is 1. The maximum atomic E-state index is 12.4. The predicted molar refractivity (Wildman–Crippen MR) is 98.5 cm³/mol. The lowest BCUT2D eigenvalue weighted by Gasteiger charge is -2.45. The fourth-order valence-electron chi connectivity index (χ4n) is 4.13. The Kier molecular flexibility index (Phi) is 6.66. The summed E-state index contributed by atoms with van der Waals surface area (Å²) >= 11 is 1.40. The van der Waals surface area contributed by atoms with Gasteiger partial charge in [-0.25, -0.2) is 0 Å². The van der Waals surface area contributed by atoms with Crippen molar-refractivity contribution >= 4 is 35.6 Å². The van der Waals surface area contributed by atoms with Crippen molar-refractivity contribution < 1.29 is 9.59 Å². The Balaban J connectivity index is 0.00000208. The van der Waals surface area contributed by atoms with Crippen LogP contribution in [0.2, 0.25) is 0 Å². The zero-order valence-corrected chi connectivity index (χ0v) is 15.6. The zero-order chi connectivity index (χ0) is 16.4. The van der Waals surface area contributed by atoms with Crippen molar-refractivity contribution in [2.24, 2.45) is 17.6 Å². The minimum Gasteiger partial charge on any atom is -0.351 e. The Morgan fingerprint density at radius 2 is 2.00 bits per heavy atom. The van der Waals surface area contributed by atoms with E-state index < -0.39 is 0 Å². The topological polar surface area (TPSA) is 75.4 Å². The Morgan fingerprint density at radius 3 is 2.58 bits per heavy atom. The lowest BCUT2D eigenvalue weighted by Crippen LogP contribution is -2.55. The first-order chi connectivity index (χ1) is 11.0. The van der Waals surface area contributed by atoms with Crippen LogP contribution in [-0.4, -0.2) is 42.4 Å². The van der Waals surface area contributed by atoms with Crippen molar-refractivity contribution in [1.82, 2.24) is 10.2 Å². The van der Waals surface area contributed by atoms with Crippen LogP contribution in [0.25, 0.3) is 0 Å². The molecule has 2 saturated carbocycles. The number of halogens is 1. The van der Waals surface area contributed by atoms with E-state index in [1.54, 1.807) is 13.1 Å². The molecule has 24 heavy (non-hydrogen) atoms. The molecule has 2 aliphatic carbocycles. The van der Waals surface area contributed by atoms with Gasteiger partial charge in [-0.1, -0.05) is 12.5 Å². The average molecular weight is 372 g/mol. The summed E-state index contributed by atoms with van der Waals surface area (Å²) < 4.78 is 0. The molecule has 3 N–H and O–H groups in total. The number of nitrogens with two attached hydrogens (primary N) is 1. The highest BCUT2D eigenvalue weighted by molar-refractivity contribution is 7.12. The van der Waals surface area contributed by atoms with Crippen LogP contribution in [0.15, 0.2) is 17.5 Å². The Hall–Kier alpha value is -1.11. The van der Waals surface area contributed by atoms with E-state index in [0.717, 1.165) is 25.7 Å². The van der Waals surface area contributed by atoms with Crippen LogP contribution in [0.3, 0.4) is 0 Å². The summed E-state index contributed by atoms with van der Waals surface area (Å²) in [5, 5.41) is 5.06. The number of carbonyl (C=O) groups is 2. The summed E-state index contributed by atoms with van der Waals surface area (Å²) in [6, 6.07) is 4.15. The van der Waals surface area contributed by atoms with Crippen LogP contribution in [0.4, 0.5) is 0 Å². The van der Waals surface area contributed by atoms with Gasteiger partial charge in [0.25, 0.3) is 5.91 Å². The highest BCUT2D eigenvalue weighted by atomic mass is 35.5. The molecule has 2 bridgehead atoms. The molecule has 1 aromatic heterocycles. The second-order valence-corrected chi connectivity index (χ2v) is 7.86. The fraction of sp³-hybridized carbons (Fsp3) is 0.647. The SMILES string of the molecule is CN(CC(=O)NC1C2CCCC1CC(N)C2)C(=O)c1cccs1.Cl. The quantitative estimate of drug-likeness (QED) is 0.852. The van der Waals surface area contributed by atoms with E-state index in [9.17, 15) is 9.59 Å². The molecule has 2 atom stereocenters. The summed E-state index contributed by atoms with van der Waals surface area (Å²) in [6.45, 7) is 0.110. The molecular formula is C17H26ClN3O2S. The standard InChI is InChI=1S/C17H25N3O2S.ClH/c1-20(17(22)14-6-3-7-23-14)10-15(21)19-16-11-4-2-5-12(16)9-13(18)8-11;/h3,6-7,11-13,16H,2,4-5,8-10,18H2,1H3,(H,19,21);1H. The predicted octanol–water partition coefficient (Wildman–Crippen LogP) is 2.26. The highest BCUT2D eigenvalue weighted by Gasteiger charge is 2.39. The Bertz CT molecular complexity index is 552. The summed E-state index contributed by atoms with van der Waals surface area (Å²) in [6.07, 6.45) is 5.56. The Morgan fingerprint density at radius 1 is 1.33 bits per heavy atom. The summed E-state index contributed by atoms with van der Waals surface area (Å²) in [5.74, 6) is 0.843. The monoisotopic (exact) mass is 371 g/mol. The van der Waals surface area contributed by atoms with Crippen LogP contribution in [0.5, 0.6) is 0 Å². The minimum atomic E-state index is -0.0963. The maximum absolute atomic E-state index is 12.4. The molecule has 7 heteroatoms. The van der Waals surface area contributed by atoms with Gasteiger partial charge in [-0.3, -0.25) is 9.59 Å². The third-order valence-corrected chi connectivity index (χ3v) is 6.02. The van der Waals surface area contributed by atoms with Crippen LogP contribution in [-0.2, 0) is 4.79 Å². The van der Waals surface area contributed by atoms with Crippen molar-refractivity contribution in [2.45, 2.75) is 44.2 Å². The number of carbonyl (C=O) groups excluding carboxylic acids is 2. The van der Waals surface area contributed by atoms with Gasteiger partial charge in [0.2, 0.25) is 5.91 Å². The van der Waals surface area contributed by atoms with Gasteiger partial charge in [-0.05, 0) is 49.0 Å².